The minimum absolute atomic E-state index is 0.0500. The molecular formula is C12H16N2O4. The van der Waals surface area contributed by atoms with Crippen LogP contribution in [0.25, 0.3) is 0 Å². The number of nitrogens with two attached hydrogens (primary N) is 1. The van der Waals surface area contributed by atoms with E-state index >= 15 is 0 Å². The van der Waals surface area contributed by atoms with E-state index in [0.717, 1.165) is 12.8 Å². The maximum Gasteiger partial charge on any atom is 0.311 e. The van der Waals surface area contributed by atoms with Crippen molar-refractivity contribution in [3.05, 3.63) is 33.9 Å². The lowest BCUT2D eigenvalue weighted by Crippen LogP contribution is -2.14. The van der Waals surface area contributed by atoms with Gasteiger partial charge in [-0.25, -0.2) is 0 Å². The number of nitrogens with zero attached hydrogens (tertiary/aromatic N) is 1. The number of carbonyl (C=O) groups is 1. The molecule has 1 unspecified atom stereocenters. The molecule has 0 heterocycles. The van der Waals surface area contributed by atoms with Crippen LogP contribution in [0.1, 0.15) is 37.7 Å². The Morgan fingerprint density at radius 1 is 1.56 bits per heavy atom. The van der Waals surface area contributed by atoms with Gasteiger partial charge < -0.3 is 10.8 Å². The highest BCUT2D eigenvalue weighted by atomic mass is 16.6. The fourth-order valence-corrected chi connectivity index (χ4v) is 1.85. The second-order valence-corrected chi connectivity index (χ2v) is 4.07. The predicted octanol–water partition coefficient (Wildman–Crippen LogP) is 2.54. The molecule has 0 aromatic heterocycles. The average molecular weight is 252 g/mol. The van der Waals surface area contributed by atoms with Gasteiger partial charge in [-0.2, -0.15) is 0 Å². The molecule has 18 heavy (non-hydrogen) atoms. The third-order valence-electron chi connectivity index (χ3n) is 2.83. The zero-order valence-electron chi connectivity index (χ0n) is 10.1. The number of para-hydroxylation sites is 1. The molecule has 0 amide bonds. The number of carboxylic acid groups (broad SMARTS) is 1. The molecule has 0 aliphatic carbocycles. The van der Waals surface area contributed by atoms with E-state index in [4.69, 9.17) is 5.73 Å². The molecule has 0 radical (unpaired) electrons. The maximum absolute atomic E-state index is 11.2. The molecule has 98 valence electrons. The molecule has 0 fully saturated rings. The topological polar surface area (TPSA) is 106 Å². The van der Waals surface area contributed by atoms with Crippen LogP contribution >= 0.6 is 0 Å². The van der Waals surface area contributed by atoms with Crippen LogP contribution in [0.3, 0.4) is 0 Å². The molecule has 1 atom stereocenters. The average Bonchev–Trinajstić information content (AvgIpc) is 2.30. The van der Waals surface area contributed by atoms with Gasteiger partial charge in [0, 0.05) is 6.07 Å². The van der Waals surface area contributed by atoms with Gasteiger partial charge in [-0.1, -0.05) is 31.9 Å². The van der Waals surface area contributed by atoms with Crippen molar-refractivity contribution in [2.45, 2.75) is 32.1 Å². The summed E-state index contributed by atoms with van der Waals surface area (Å²) in [4.78, 5) is 21.4. The molecule has 1 aromatic rings. The number of rotatable bonds is 6. The summed E-state index contributed by atoms with van der Waals surface area (Å²) in [7, 11) is 0. The Balaban J connectivity index is 3.16. The first-order valence-corrected chi connectivity index (χ1v) is 5.74. The van der Waals surface area contributed by atoms with Gasteiger partial charge in [0.05, 0.1) is 10.8 Å². The van der Waals surface area contributed by atoms with Crippen LogP contribution in [0.15, 0.2) is 18.2 Å². The summed E-state index contributed by atoms with van der Waals surface area (Å²) < 4.78 is 0. The predicted molar refractivity (Wildman–Crippen MR) is 67.4 cm³/mol. The van der Waals surface area contributed by atoms with Crippen LogP contribution in [0.5, 0.6) is 0 Å². The molecule has 0 spiro atoms. The number of nitro groups is 1. The monoisotopic (exact) mass is 252 g/mol. The van der Waals surface area contributed by atoms with Gasteiger partial charge in [0.1, 0.15) is 5.69 Å². The summed E-state index contributed by atoms with van der Waals surface area (Å²) in [5.74, 6) is -1.79. The Hall–Kier alpha value is -2.11. The molecule has 0 saturated carbocycles. The lowest BCUT2D eigenvalue weighted by atomic mass is 9.92. The number of carboxylic acids is 1. The first kappa shape index (κ1) is 14.0. The zero-order chi connectivity index (χ0) is 13.7. The van der Waals surface area contributed by atoms with Crippen LogP contribution in [0, 0.1) is 10.1 Å². The Morgan fingerprint density at radius 2 is 2.22 bits per heavy atom. The van der Waals surface area contributed by atoms with Gasteiger partial charge >= 0.3 is 5.97 Å². The standard InChI is InChI=1S/C12H16N2O4/c1-2-3-5-9(12(15)16)8-6-4-7-10(11(8)13)14(17)18/h4,6-7,9H,2-3,5,13H2,1H3,(H,15,16). The van der Waals surface area contributed by atoms with E-state index < -0.39 is 16.8 Å². The number of nitro benzene ring substituents is 1. The van der Waals surface area contributed by atoms with Crippen molar-refractivity contribution in [3.63, 3.8) is 0 Å². The van der Waals surface area contributed by atoms with E-state index in [0.29, 0.717) is 12.0 Å². The van der Waals surface area contributed by atoms with Crippen LogP contribution < -0.4 is 5.73 Å². The number of anilines is 1. The number of hydrogen-bond donors (Lipinski definition) is 2. The Morgan fingerprint density at radius 3 is 2.72 bits per heavy atom. The first-order valence-electron chi connectivity index (χ1n) is 5.74. The molecular weight excluding hydrogens is 236 g/mol. The number of benzene rings is 1. The van der Waals surface area contributed by atoms with Crippen molar-refractivity contribution >= 4 is 17.3 Å². The fraction of sp³-hybridized carbons (Fsp3) is 0.417. The molecule has 1 rings (SSSR count). The van der Waals surface area contributed by atoms with E-state index in [-0.39, 0.29) is 11.4 Å². The molecule has 0 saturated heterocycles. The summed E-state index contributed by atoms with van der Waals surface area (Å²) in [5.41, 5.74) is 5.72. The molecule has 3 N–H and O–H groups in total. The van der Waals surface area contributed by atoms with Crippen molar-refractivity contribution in [1.82, 2.24) is 0 Å². The molecule has 6 nitrogen and oxygen atoms in total. The van der Waals surface area contributed by atoms with E-state index in [1.54, 1.807) is 0 Å². The van der Waals surface area contributed by atoms with Gasteiger partial charge in [0.2, 0.25) is 0 Å². The fourth-order valence-electron chi connectivity index (χ4n) is 1.85. The normalized spacial score (nSPS) is 12.1. The van der Waals surface area contributed by atoms with Crippen molar-refractivity contribution in [3.8, 4) is 0 Å². The summed E-state index contributed by atoms with van der Waals surface area (Å²) in [5, 5.41) is 19.9. The summed E-state index contributed by atoms with van der Waals surface area (Å²) in [6.45, 7) is 1.95. The lowest BCUT2D eigenvalue weighted by Gasteiger charge is -2.14. The second-order valence-electron chi connectivity index (χ2n) is 4.07. The van der Waals surface area contributed by atoms with Crippen LogP contribution in [-0.4, -0.2) is 16.0 Å². The van der Waals surface area contributed by atoms with Crippen LogP contribution in [0.4, 0.5) is 11.4 Å². The van der Waals surface area contributed by atoms with Gasteiger partial charge in [0.25, 0.3) is 5.69 Å². The SMILES string of the molecule is CCCCC(C(=O)O)c1cccc([N+](=O)[O-])c1N. The minimum atomic E-state index is -1.00. The van der Waals surface area contributed by atoms with Crippen molar-refractivity contribution in [1.29, 1.82) is 0 Å². The summed E-state index contributed by atoms with van der Waals surface area (Å²) >= 11 is 0. The zero-order valence-corrected chi connectivity index (χ0v) is 10.1. The molecule has 0 aliphatic heterocycles. The van der Waals surface area contributed by atoms with Crippen molar-refractivity contribution in [2.24, 2.45) is 0 Å². The highest BCUT2D eigenvalue weighted by Gasteiger charge is 2.25. The summed E-state index contributed by atoms with van der Waals surface area (Å²) in [6, 6.07) is 4.28. The van der Waals surface area contributed by atoms with Gasteiger partial charge in [-0.05, 0) is 12.0 Å². The maximum atomic E-state index is 11.2. The van der Waals surface area contributed by atoms with E-state index in [1.165, 1.54) is 18.2 Å². The number of aliphatic carboxylic acids is 1. The molecule has 0 aliphatic rings. The third-order valence-corrected chi connectivity index (χ3v) is 2.83. The minimum Gasteiger partial charge on any atom is -0.481 e. The Bertz CT molecular complexity index is 459. The van der Waals surface area contributed by atoms with Gasteiger partial charge in [-0.15, -0.1) is 0 Å². The van der Waals surface area contributed by atoms with E-state index in [9.17, 15) is 20.0 Å². The number of hydrogen-bond acceptors (Lipinski definition) is 4. The third kappa shape index (κ3) is 2.97. The smallest absolute Gasteiger partial charge is 0.311 e. The number of nitrogen functional groups attached to an aromatic ring is 1. The number of unbranched alkanes of at least 4 members (excludes halogenated alkanes) is 1. The molecule has 6 heteroatoms. The first-order chi connectivity index (χ1) is 8.49. The lowest BCUT2D eigenvalue weighted by molar-refractivity contribution is -0.383. The van der Waals surface area contributed by atoms with E-state index in [1.807, 2.05) is 6.92 Å². The quantitative estimate of drug-likeness (QED) is 0.459. The summed E-state index contributed by atoms with van der Waals surface area (Å²) in [6.07, 6.45) is 2.02. The van der Waals surface area contributed by atoms with Crippen LogP contribution in [-0.2, 0) is 4.79 Å². The Labute approximate surface area is 105 Å². The van der Waals surface area contributed by atoms with Crippen molar-refractivity contribution in [2.75, 3.05) is 5.73 Å². The highest BCUT2D eigenvalue weighted by molar-refractivity contribution is 5.80. The molecule has 0 bridgehead atoms. The largest absolute Gasteiger partial charge is 0.481 e. The second kappa shape index (κ2) is 6.00. The highest BCUT2D eigenvalue weighted by Crippen LogP contribution is 2.33. The van der Waals surface area contributed by atoms with Crippen molar-refractivity contribution < 1.29 is 14.8 Å². The molecule has 1 aromatic carbocycles. The van der Waals surface area contributed by atoms with E-state index in [2.05, 4.69) is 0 Å². The van der Waals surface area contributed by atoms with Gasteiger partial charge in [-0.3, -0.25) is 14.9 Å². The Kier molecular flexibility index (Phi) is 4.65. The van der Waals surface area contributed by atoms with Crippen LogP contribution in [0.2, 0.25) is 0 Å². The van der Waals surface area contributed by atoms with Gasteiger partial charge in [0.15, 0.2) is 0 Å².